The van der Waals surface area contributed by atoms with Gasteiger partial charge in [-0.15, -0.1) is 0 Å². The normalized spacial score (nSPS) is 16.7. The van der Waals surface area contributed by atoms with E-state index in [2.05, 4.69) is 10.1 Å². The van der Waals surface area contributed by atoms with Crippen LogP contribution in [-0.2, 0) is 19.1 Å². The molecule has 9 nitrogen and oxygen atoms in total. The highest BCUT2D eigenvalue weighted by Gasteiger charge is 2.33. The average molecular weight is 492 g/mol. The molecule has 0 radical (unpaired) electrons. The van der Waals surface area contributed by atoms with Gasteiger partial charge in [-0.3, -0.25) is 14.4 Å². The van der Waals surface area contributed by atoms with Gasteiger partial charge in [0.2, 0.25) is 17.5 Å². The van der Waals surface area contributed by atoms with E-state index in [9.17, 15) is 36.7 Å². The van der Waals surface area contributed by atoms with E-state index in [-0.39, 0.29) is 18.7 Å². The van der Waals surface area contributed by atoms with E-state index in [1.165, 1.54) is 4.90 Å². The Morgan fingerprint density at radius 2 is 1.76 bits per heavy atom. The number of benzene rings is 1. The van der Waals surface area contributed by atoms with Crippen LogP contribution in [0.25, 0.3) is 0 Å². The highest BCUT2D eigenvalue weighted by Crippen LogP contribution is 2.26. The first kappa shape index (κ1) is 26.9. The van der Waals surface area contributed by atoms with E-state index < -0.39 is 77.8 Å². The molecule has 0 aromatic heterocycles. The molecule has 188 valence electrons. The number of nitrogens with zero attached hydrogens (tertiary/aromatic N) is 1. The Kier molecular flexibility index (Phi) is 9.21. The molecule has 0 aliphatic carbocycles. The van der Waals surface area contributed by atoms with Crippen molar-refractivity contribution in [3.63, 3.8) is 0 Å². The van der Waals surface area contributed by atoms with Gasteiger partial charge >= 0.3 is 12.1 Å². The molecule has 1 aliphatic heterocycles. The summed E-state index contributed by atoms with van der Waals surface area (Å²) in [6, 6.07) is -1.70. The molecular weight excluding hydrogens is 468 g/mol. The Bertz CT molecular complexity index is 931. The number of hydrogen-bond donors (Lipinski definition) is 2. The summed E-state index contributed by atoms with van der Waals surface area (Å²) in [7, 11) is 0. The molecule has 34 heavy (non-hydrogen) atoms. The number of carbonyl (C=O) groups is 4. The van der Waals surface area contributed by atoms with Gasteiger partial charge in [-0.05, 0) is 26.7 Å². The summed E-state index contributed by atoms with van der Waals surface area (Å²) in [4.78, 5) is 49.7. The van der Waals surface area contributed by atoms with E-state index in [1.807, 2.05) is 0 Å². The zero-order chi connectivity index (χ0) is 25.6. The van der Waals surface area contributed by atoms with Crippen molar-refractivity contribution in [2.24, 2.45) is 5.92 Å². The molecule has 0 unspecified atom stereocenters. The maximum Gasteiger partial charge on any atom is 0.410 e. The molecule has 1 heterocycles. The van der Waals surface area contributed by atoms with Gasteiger partial charge in [-0.25, -0.2) is 13.6 Å². The van der Waals surface area contributed by atoms with Crippen molar-refractivity contribution in [1.29, 1.82) is 0 Å². The van der Waals surface area contributed by atoms with Crippen LogP contribution in [0.4, 0.5) is 22.4 Å². The van der Waals surface area contributed by atoms with Crippen LogP contribution in [0.5, 0.6) is 5.75 Å². The summed E-state index contributed by atoms with van der Waals surface area (Å²) in [5, 5.41) is 11.3. The molecule has 2 amide bonds. The Hall–Kier alpha value is -3.38. The number of carboxylic acids is 1. The van der Waals surface area contributed by atoms with Gasteiger partial charge in [0.05, 0.1) is 18.4 Å². The van der Waals surface area contributed by atoms with Crippen LogP contribution in [-0.4, -0.2) is 65.6 Å². The number of ether oxygens (including phenoxy) is 2. The largest absolute Gasteiger partial charge is 0.481 e. The number of aliphatic carboxylic acids is 1. The first-order chi connectivity index (χ1) is 15.9. The van der Waals surface area contributed by atoms with Crippen LogP contribution < -0.4 is 10.1 Å². The van der Waals surface area contributed by atoms with Gasteiger partial charge in [-0.2, -0.15) is 8.78 Å². The molecule has 0 saturated carbocycles. The van der Waals surface area contributed by atoms with E-state index in [0.29, 0.717) is 19.4 Å². The summed E-state index contributed by atoms with van der Waals surface area (Å²) >= 11 is 0. The third kappa shape index (κ3) is 7.06. The lowest BCUT2D eigenvalue weighted by molar-refractivity contribution is -0.141. The molecule has 0 bridgehead atoms. The van der Waals surface area contributed by atoms with Gasteiger partial charge in [0.25, 0.3) is 0 Å². The first-order valence-electron chi connectivity index (χ1n) is 10.4. The highest BCUT2D eigenvalue weighted by molar-refractivity contribution is 5.93. The molecule has 13 heteroatoms. The maximum absolute atomic E-state index is 13.7. The van der Waals surface area contributed by atoms with Crippen molar-refractivity contribution < 1.29 is 51.3 Å². The second-order valence-electron chi connectivity index (χ2n) is 7.93. The molecule has 2 atom stereocenters. The topological polar surface area (TPSA) is 122 Å². The standard InChI is InChI=1S/C21H24F4N2O7/c1-10(2)34-21(32)27-5-3-4-11(8-27)20(31)26-14(7-16(29)30)15(28)9-33-19-17(24)12(22)6-13(23)18(19)25/h6,10-11,14H,3-5,7-9H2,1-2H3,(H,26,31)(H,29,30)/t11-,14+/m1/s1. The summed E-state index contributed by atoms with van der Waals surface area (Å²) < 4.78 is 63.7. The molecule has 0 spiro atoms. The second-order valence-corrected chi connectivity index (χ2v) is 7.93. The van der Waals surface area contributed by atoms with Crippen molar-refractivity contribution >= 4 is 23.8 Å². The van der Waals surface area contributed by atoms with Crippen LogP contribution in [0.15, 0.2) is 6.07 Å². The van der Waals surface area contributed by atoms with Crippen LogP contribution >= 0.6 is 0 Å². The van der Waals surface area contributed by atoms with Crippen molar-refractivity contribution in [2.45, 2.75) is 45.3 Å². The van der Waals surface area contributed by atoms with Gasteiger partial charge in [-0.1, -0.05) is 0 Å². The van der Waals surface area contributed by atoms with Crippen LogP contribution in [0.1, 0.15) is 33.1 Å². The molecule has 1 saturated heterocycles. The minimum atomic E-state index is -1.87. The van der Waals surface area contributed by atoms with Crippen LogP contribution in [0.2, 0.25) is 0 Å². The monoisotopic (exact) mass is 492 g/mol. The molecule has 1 fully saturated rings. The average Bonchev–Trinajstić information content (AvgIpc) is 2.76. The molecular formula is C21H24F4N2O7. The molecule has 1 aromatic rings. The van der Waals surface area contributed by atoms with E-state index in [0.717, 1.165) is 0 Å². The van der Waals surface area contributed by atoms with Crippen LogP contribution in [0.3, 0.4) is 0 Å². The number of Topliss-reactive ketones (excluding diaryl/α,β-unsaturated/α-hetero) is 1. The van der Waals surface area contributed by atoms with Crippen molar-refractivity contribution in [2.75, 3.05) is 19.7 Å². The number of ketones is 1. The number of halogens is 4. The van der Waals surface area contributed by atoms with E-state index in [1.54, 1.807) is 13.8 Å². The number of likely N-dealkylation sites (tertiary alicyclic amines) is 1. The number of hydrogen-bond acceptors (Lipinski definition) is 6. The lowest BCUT2D eigenvalue weighted by Gasteiger charge is -2.32. The highest BCUT2D eigenvalue weighted by atomic mass is 19.2. The predicted octanol–water partition coefficient (Wildman–Crippen LogP) is 2.41. The Labute approximate surface area is 192 Å². The van der Waals surface area contributed by atoms with Crippen molar-refractivity contribution in [1.82, 2.24) is 10.2 Å². The number of piperidine rings is 1. The lowest BCUT2D eigenvalue weighted by atomic mass is 9.96. The fourth-order valence-corrected chi connectivity index (χ4v) is 3.26. The number of nitrogens with one attached hydrogen (secondary N) is 1. The molecule has 1 aliphatic rings. The first-order valence-corrected chi connectivity index (χ1v) is 10.4. The number of carboxylic acid groups (broad SMARTS) is 1. The fourth-order valence-electron chi connectivity index (χ4n) is 3.26. The maximum atomic E-state index is 13.7. The quantitative estimate of drug-likeness (QED) is 0.401. The predicted molar refractivity (Wildman–Crippen MR) is 107 cm³/mol. The number of carbonyl (C=O) groups excluding carboxylic acids is 3. The molecule has 1 aromatic carbocycles. The van der Waals surface area contributed by atoms with Gasteiger partial charge in [0.1, 0.15) is 12.6 Å². The number of amides is 2. The minimum Gasteiger partial charge on any atom is -0.481 e. The summed E-state index contributed by atoms with van der Waals surface area (Å²) in [5.74, 6) is -12.8. The third-order valence-corrected chi connectivity index (χ3v) is 4.90. The summed E-state index contributed by atoms with van der Waals surface area (Å²) in [6.07, 6.45) is -1.08. The van der Waals surface area contributed by atoms with E-state index >= 15 is 0 Å². The summed E-state index contributed by atoms with van der Waals surface area (Å²) in [6.45, 7) is 2.47. The Morgan fingerprint density at radius 3 is 2.32 bits per heavy atom. The van der Waals surface area contributed by atoms with Gasteiger partial charge in [0, 0.05) is 19.2 Å². The summed E-state index contributed by atoms with van der Waals surface area (Å²) in [5.41, 5.74) is 0. The lowest BCUT2D eigenvalue weighted by Crippen LogP contribution is -2.51. The Morgan fingerprint density at radius 1 is 1.15 bits per heavy atom. The number of rotatable bonds is 9. The third-order valence-electron chi connectivity index (χ3n) is 4.90. The zero-order valence-electron chi connectivity index (χ0n) is 18.4. The van der Waals surface area contributed by atoms with Crippen molar-refractivity contribution in [3.05, 3.63) is 29.3 Å². The minimum absolute atomic E-state index is 0.0269. The van der Waals surface area contributed by atoms with Crippen LogP contribution in [0, 0.1) is 29.2 Å². The molecule has 2 rings (SSSR count). The zero-order valence-corrected chi connectivity index (χ0v) is 18.4. The van der Waals surface area contributed by atoms with Gasteiger partial charge in [0.15, 0.2) is 23.2 Å². The smallest absolute Gasteiger partial charge is 0.410 e. The Balaban J connectivity index is 2.06. The van der Waals surface area contributed by atoms with E-state index in [4.69, 9.17) is 9.84 Å². The van der Waals surface area contributed by atoms with Crippen molar-refractivity contribution in [3.8, 4) is 5.75 Å². The molecule has 2 N–H and O–H groups in total. The fraction of sp³-hybridized carbons (Fsp3) is 0.524. The SMILES string of the molecule is CC(C)OC(=O)N1CCC[C@@H](C(=O)N[C@@H](CC(=O)O)C(=O)COc2c(F)c(F)cc(F)c2F)C1. The van der Waals surface area contributed by atoms with Gasteiger partial charge < -0.3 is 24.8 Å². The second kappa shape index (κ2) is 11.7.